The third-order valence-corrected chi connectivity index (χ3v) is 2.78. The second kappa shape index (κ2) is 5.58. The minimum atomic E-state index is -0.215. The summed E-state index contributed by atoms with van der Waals surface area (Å²) >= 11 is 0. The zero-order valence-corrected chi connectivity index (χ0v) is 8.53. The highest BCUT2D eigenvalue weighted by atomic mass is 16.5. The molecule has 1 saturated heterocycles. The fraction of sp³-hybridized carbons (Fsp3) is 1.00. The van der Waals surface area contributed by atoms with Crippen molar-refractivity contribution >= 4 is 0 Å². The fourth-order valence-electron chi connectivity index (χ4n) is 1.90. The third kappa shape index (κ3) is 3.25. The quantitative estimate of drug-likeness (QED) is 0.659. The van der Waals surface area contributed by atoms with E-state index in [1.54, 1.807) is 7.11 Å². The van der Waals surface area contributed by atoms with E-state index in [9.17, 15) is 5.11 Å². The van der Waals surface area contributed by atoms with Crippen LogP contribution in [0.2, 0.25) is 0 Å². The molecule has 78 valence electrons. The summed E-state index contributed by atoms with van der Waals surface area (Å²) in [6, 6.07) is 0. The minimum absolute atomic E-state index is 0.215. The lowest BCUT2D eigenvalue weighted by molar-refractivity contribution is 0.0348. The summed E-state index contributed by atoms with van der Waals surface area (Å²) in [5.41, 5.74) is 0. The molecule has 0 bridgehead atoms. The first kappa shape index (κ1) is 11.0. The van der Waals surface area contributed by atoms with Crippen molar-refractivity contribution in [3.8, 4) is 0 Å². The lowest BCUT2D eigenvalue weighted by Gasteiger charge is -2.20. The molecule has 3 atom stereocenters. The molecule has 3 heteroatoms. The van der Waals surface area contributed by atoms with Gasteiger partial charge in [-0.1, -0.05) is 0 Å². The molecule has 1 heterocycles. The Balaban J connectivity index is 2.18. The van der Waals surface area contributed by atoms with Gasteiger partial charge >= 0.3 is 0 Å². The van der Waals surface area contributed by atoms with Crippen LogP contribution in [0.1, 0.15) is 26.2 Å². The van der Waals surface area contributed by atoms with Crippen LogP contribution >= 0.6 is 0 Å². The molecule has 0 spiro atoms. The van der Waals surface area contributed by atoms with E-state index in [0.717, 1.165) is 32.5 Å². The summed E-state index contributed by atoms with van der Waals surface area (Å²) in [4.78, 5) is 0. The molecule has 0 saturated carbocycles. The van der Waals surface area contributed by atoms with Crippen molar-refractivity contribution in [1.29, 1.82) is 0 Å². The standard InChI is InChI=1S/C10H20O3/c1-8-9(5-7-13-8)10(11)4-3-6-12-2/h8-11H,3-7H2,1-2H3. The Morgan fingerprint density at radius 1 is 1.62 bits per heavy atom. The third-order valence-electron chi connectivity index (χ3n) is 2.78. The maximum atomic E-state index is 9.81. The number of hydrogen-bond donors (Lipinski definition) is 1. The number of aliphatic hydroxyl groups excluding tert-OH is 1. The van der Waals surface area contributed by atoms with Crippen LogP contribution in [0.3, 0.4) is 0 Å². The van der Waals surface area contributed by atoms with Crippen LogP contribution in [-0.4, -0.2) is 37.6 Å². The zero-order valence-electron chi connectivity index (χ0n) is 8.53. The monoisotopic (exact) mass is 188 g/mol. The van der Waals surface area contributed by atoms with Crippen molar-refractivity contribution in [2.24, 2.45) is 5.92 Å². The smallest absolute Gasteiger partial charge is 0.0600 e. The van der Waals surface area contributed by atoms with Crippen molar-refractivity contribution in [3.05, 3.63) is 0 Å². The van der Waals surface area contributed by atoms with Crippen molar-refractivity contribution < 1.29 is 14.6 Å². The molecule has 0 aromatic carbocycles. The SMILES string of the molecule is COCCCC(O)C1CCOC1C. The van der Waals surface area contributed by atoms with Gasteiger partial charge in [-0.25, -0.2) is 0 Å². The van der Waals surface area contributed by atoms with Gasteiger partial charge in [0, 0.05) is 26.2 Å². The molecule has 13 heavy (non-hydrogen) atoms. The lowest BCUT2D eigenvalue weighted by atomic mass is 9.93. The average molecular weight is 188 g/mol. The molecule has 3 nitrogen and oxygen atoms in total. The van der Waals surface area contributed by atoms with E-state index in [2.05, 4.69) is 0 Å². The molecular formula is C10H20O3. The van der Waals surface area contributed by atoms with Crippen molar-refractivity contribution in [2.45, 2.75) is 38.4 Å². The van der Waals surface area contributed by atoms with Gasteiger partial charge in [0.1, 0.15) is 0 Å². The average Bonchev–Trinajstić information content (AvgIpc) is 2.52. The molecule has 0 radical (unpaired) electrons. The van der Waals surface area contributed by atoms with Crippen molar-refractivity contribution in [2.75, 3.05) is 20.3 Å². The first-order valence-corrected chi connectivity index (χ1v) is 5.04. The Morgan fingerprint density at radius 3 is 2.92 bits per heavy atom. The van der Waals surface area contributed by atoms with E-state index in [4.69, 9.17) is 9.47 Å². The molecule has 1 aliphatic heterocycles. The van der Waals surface area contributed by atoms with E-state index in [-0.39, 0.29) is 12.2 Å². The van der Waals surface area contributed by atoms with Crippen LogP contribution < -0.4 is 0 Å². The molecule has 0 aromatic rings. The van der Waals surface area contributed by atoms with Crippen molar-refractivity contribution in [1.82, 2.24) is 0 Å². The first-order valence-electron chi connectivity index (χ1n) is 5.04. The molecule has 1 fully saturated rings. The van der Waals surface area contributed by atoms with E-state index in [0.29, 0.717) is 5.92 Å². The van der Waals surface area contributed by atoms with E-state index in [1.165, 1.54) is 0 Å². The number of aliphatic hydroxyl groups is 1. The van der Waals surface area contributed by atoms with Gasteiger partial charge in [-0.05, 0) is 26.2 Å². The number of rotatable bonds is 5. The van der Waals surface area contributed by atoms with Gasteiger partial charge in [0.2, 0.25) is 0 Å². The van der Waals surface area contributed by atoms with Gasteiger partial charge in [0.25, 0.3) is 0 Å². The zero-order chi connectivity index (χ0) is 9.68. The second-order valence-corrected chi connectivity index (χ2v) is 3.73. The number of methoxy groups -OCH3 is 1. The summed E-state index contributed by atoms with van der Waals surface area (Å²) < 4.78 is 10.3. The van der Waals surface area contributed by atoms with Gasteiger partial charge in [-0.2, -0.15) is 0 Å². The van der Waals surface area contributed by atoms with Gasteiger partial charge in [-0.15, -0.1) is 0 Å². The fourth-order valence-corrected chi connectivity index (χ4v) is 1.90. The Kier molecular flexibility index (Phi) is 4.70. The van der Waals surface area contributed by atoms with E-state index < -0.39 is 0 Å². The maximum absolute atomic E-state index is 9.81. The Labute approximate surface area is 80.0 Å². The largest absolute Gasteiger partial charge is 0.393 e. The predicted octanol–water partition coefficient (Wildman–Crippen LogP) is 1.20. The van der Waals surface area contributed by atoms with Gasteiger partial charge in [0.15, 0.2) is 0 Å². The molecule has 1 aliphatic rings. The molecule has 0 aliphatic carbocycles. The molecule has 1 rings (SSSR count). The van der Waals surface area contributed by atoms with Crippen molar-refractivity contribution in [3.63, 3.8) is 0 Å². The summed E-state index contributed by atoms with van der Waals surface area (Å²) in [6.45, 7) is 3.57. The summed E-state index contributed by atoms with van der Waals surface area (Å²) in [5.74, 6) is 0.330. The van der Waals surface area contributed by atoms with Crippen LogP contribution in [0.15, 0.2) is 0 Å². The number of ether oxygens (including phenoxy) is 2. The maximum Gasteiger partial charge on any atom is 0.0600 e. The Hall–Kier alpha value is -0.120. The second-order valence-electron chi connectivity index (χ2n) is 3.73. The molecule has 1 N–H and O–H groups in total. The van der Waals surface area contributed by atoms with Gasteiger partial charge < -0.3 is 14.6 Å². The highest BCUT2D eigenvalue weighted by Gasteiger charge is 2.30. The Morgan fingerprint density at radius 2 is 2.38 bits per heavy atom. The van der Waals surface area contributed by atoms with Crippen LogP contribution in [0.4, 0.5) is 0 Å². The van der Waals surface area contributed by atoms with Gasteiger partial charge in [0.05, 0.1) is 12.2 Å². The molecular weight excluding hydrogens is 168 g/mol. The first-order chi connectivity index (χ1) is 6.25. The highest BCUT2D eigenvalue weighted by molar-refractivity contribution is 4.78. The van der Waals surface area contributed by atoms with Gasteiger partial charge in [-0.3, -0.25) is 0 Å². The molecule has 0 aromatic heterocycles. The molecule has 0 amide bonds. The Bertz CT molecular complexity index is 138. The van der Waals surface area contributed by atoms with Crippen LogP contribution in [0.5, 0.6) is 0 Å². The summed E-state index contributed by atoms with van der Waals surface area (Å²) in [7, 11) is 1.69. The lowest BCUT2D eigenvalue weighted by Crippen LogP contribution is -2.26. The highest BCUT2D eigenvalue weighted by Crippen LogP contribution is 2.25. The summed E-state index contributed by atoms with van der Waals surface area (Å²) in [6.07, 6.45) is 2.76. The topological polar surface area (TPSA) is 38.7 Å². The minimum Gasteiger partial charge on any atom is -0.393 e. The number of hydrogen-bond acceptors (Lipinski definition) is 3. The summed E-state index contributed by atoms with van der Waals surface area (Å²) in [5, 5.41) is 9.81. The van der Waals surface area contributed by atoms with Crippen LogP contribution in [0, 0.1) is 5.92 Å². The van der Waals surface area contributed by atoms with E-state index in [1.807, 2.05) is 6.92 Å². The normalized spacial score (nSPS) is 30.7. The van der Waals surface area contributed by atoms with E-state index >= 15 is 0 Å². The van der Waals surface area contributed by atoms with Crippen LogP contribution in [0.25, 0.3) is 0 Å². The predicted molar refractivity (Wildman–Crippen MR) is 50.6 cm³/mol. The molecule has 3 unspecified atom stereocenters. The van der Waals surface area contributed by atoms with Crippen LogP contribution in [-0.2, 0) is 9.47 Å².